The van der Waals surface area contributed by atoms with E-state index in [-0.39, 0.29) is 18.6 Å². The number of amides is 1. The monoisotopic (exact) mass is 357 g/mol. The predicted molar refractivity (Wildman–Crippen MR) is 96.8 cm³/mol. The molecule has 0 radical (unpaired) electrons. The molecule has 7 nitrogen and oxygen atoms in total. The van der Waals surface area contributed by atoms with Crippen molar-refractivity contribution in [1.82, 2.24) is 20.3 Å². The van der Waals surface area contributed by atoms with E-state index in [0.29, 0.717) is 11.4 Å². The number of aromatic amines is 1. The van der Waals surface area contributed by atoms with Gasteiger partial charge in [-0.05, 0) is 25.0 Å². The van der Waals surface area contributed by atoms with Crippen molar-refractivity contribution >= 4 is 33.4 Å². The van der Waals surface area contributed by atoms with Crippen molar-refractivity contribution in [1.29, 1.82) is 0 Å². The third-order valence-corrected chi connectivity index (χ3v) is 5.44. The summed E-state index contributed by atoms with van der Waals surface area (Å²) < 4.78 is 0. The molecule has 3 aromatic rings. The number of hydrogen-bond donors (Lipinski definition) is 3. The fourth-order valence-electron chi connectivity index (χ4n) is 3.12. The van der Waals surface area contributed by atoms with Gasteiger partial charge in [0.2, 0.25) is 0 Å². The van der Waals surface area contributed by atoms with Gasteiger partial charge in [0.25, 0.3) is 5.91 Å². The fraction of sp³-hybridized carbons (Fsp3) is 0.353. The van der Waals surface area contributed by atoms with E-state index in [1.807, 2.05) is 24.3 Å². The summed E-state index contributed by atoms with van der Waals surface area (Å²) in [6.07, 6.45) is 3.60. The van der Waals surface area contributed by atoms with Gasteiger partial charge in [0.15, 0.2) is 5.13 Å². The van der Waals surface area contributed by atoms with E-state index in [0.717, 1.165) is 41.4 Å². The van der Waals surface area contributed by atoms with Gasteiger partial charge in [-0.25, -0.2) is 9.97 Å². The van der Waals surface area contributed by atoms with Crippen molar-refractivity contribution in [3.8, 4) is 0 Å². The number of hydrogen-bond acceptors (Lipinski definition) is 6. The van der Waals surface area contributed by atoms with Gasteiger partial charge in [-0.3, -0.25) is 4.79 Å². The SMILES string of the molecule is O=C(NCc1nc2ccccc2[nH]1)c1cnc(N2CCCC2CO)s1. The van der Waals surface area contributed by atoms with Crippen molar-refractivity contribution in [3.63, 3.8) is 0 Å². The quantitative estimate of drug-likeness (QED) is 0.648. The molecule has 1 aliphatic rings. The Morgan fingerprint density at radius 3 is 3.16 bits per heavy atom. The average molecular weight is 357 g/mol. The third kappa shape index (κ3) is 3.22. The Morgan fingerprint density at radius 1 is 1.44 bits per heavy atom. The second kappa shape index (κ2) is 6.81. The highest BCUT2D eigenvalue weighted by Crippen LogP contribution is 2.29. The highest BCUT2D eigenvalue weighted by Gasteiger charge is 2.26. The number of rotatable bonds is 5. The summed E-state index contributed by atoms with van der Waals surface area (Å²) in [6.45, 7) is 1.33. The number of aliphatic hydroxyl groups excluding tert-OH is 1. The molecule has 0 spiro atoms. The maximum atomic E-state index is 12.4. The van der Waals surface area contributed by atoms with E-state index in [4.69, 9.17) is 0 Å². The largest absolute Gasteiger partial charge is 0.394 e. The Kier molecular flexibility index (Phi) is 4.37. The lowest BCUT2D eigenvalue weighted by molar-refractivity contribution is 0.0954. The Labute approximate surface area is 148 Å². The molecule has 0 bridgehead atoms. The van der Waals surface area contributed by atoms with Gasteiger partial charge in [-0.15, -0.1) is 0 Å². The summed E-state index contributed by atoms with van der Waals surface area (Å²) in [5, 5.41) is 13.1. The first-order valence-corrected chi connectivity index (χ1v) is 9.11. The van der Waals surface area contributed by atoms with E-state index >= 15 is 0 Å². The van der Waals surface area contributed by atoms with Crippen LogP contribution in [0.3, 0.4) is 0 Å². The number of imidazole rings is 1. The minimum absolute atomic E-state index is 0.109. The Bertz CT molecular complexity index is 857. The van der Waals surface area contributed by atoms with Gasteiger partial charge in [-0.2, -0.15) is 0 Å². The normalized spacial score (nSPS) is 17.3. The van der Waals surface area contributed by atoms with Crippen molar-refractivity contribution in [3.05, 3.63) is 41.2 Å². The number of carbonyl (C=O) groups is 1. The van der Waals surface area contributed by atoms with Gasteiger partial charge >= 0.3 is 0 Å². The van der Waals surface area contributed by atoms with Crippen LogP contribution < -0.4 is 10.2 Å². The molecule has 1 unspecified atom stereocenters. The van der Waals surface area contributed by atoms with Gasteiger partial charge in [-0.1, -0.05) is 23.5 Å². The number of carbonyl (C=O) groups excluding carboxylic acids is 1. The molecule has 3 heterocycles. The highest BCUT2D eigenvalue weighted by atomic mass is 32.1. The second-order valence-corrected chi connectivity index (χ2v) is 7.07. The van der Waals surface area contributed by atoms with E-state index in [1.54, 1.807) is 6.20 Å². The van der Waals surface area contributed by atoms with Crippen LogP contribution in [0, 0.1) is 0 Å². The Morgan fingerprint density at radius 2 is 2.32 bits per heavy atom. The molecule has 2 aromatic heterocycles. The van der Waals surface area contributed by atoms with Crippen LogP contribution in [0.1, 0.15) is 28.3 Å². The minimum atomic E-state index is -0.163. The number of para-hydroxylation sites is 2. The highest BCUT2D eigenvalue weighted by molar-refractivity contribution is 7.17. The maximum Gasteiger partial charge on any atom is 0.263 e. The lowest BCUT2D eigenvalue weighted by Gasteiger charge is -2.21. The first-order chi connectivity index (χ1) is 12.2. The smallest absolute Gasteiger partial charge is 0.263 e. The molecule has 1 aromatic carbocycles. The number of anilines is 1. The van der Waals surface area contributed by atoms with Crippen molar-refractivity contribution in [2.75, 3.05) is 18.1 Å². The Balaban J connectivity index is 1.41. The van der Waals surface area contributed by atoms with E-state index in [9.17, 15) is 9.90 Å². The molecule has 0 saturated carbocycles. The molecular formula is C17H19N5O2S. The second-order valence-electron chi connectivity index (χ2n) is 6.06. The summed E-state index contributed by atoms with van der Waals surface area (Å²) in [6, 6.07) is 7.87. The van der Waals surface area contributed by atoms with Crippen LogP contribution in [0.15, 0.2) is 30.5 Å². The number of thiazole rings is 1. The predicted octanol–water partition coefficient (Wildman–Crippen LogP) is 1.91. The number of aliphatic hydroxyl groups is 1. The van der Waals surface area contributed by atoms with E-state index < -0.39 is 0 Å². The van der Waals surface area contributed by atoms with Crippen LogP contribution in [0.5, 0.6) is 0 Å². The first-order valence-electron chi connectivity index (χ1n) is 8.30. The summed E-state index contributed by atoms with van der Waals surface area (Å²) in [5.74, 6) is 0.558. The zero-order valence-corrected chi connectivity index (χ0v) is 14.4. The Hall–Kier alpha value is -2.45. The number of H-pyrrole nitrogens is 1. The first kappa shape index (κ1) is 16.0. The van der Waals surface area contributed by atoms with Gasteiger partial charge in [0.05, 0.1) is 36.4 Å². The zero-order valence-electron chi connectivity index (χ0n) is 13.6. The van der Waals surface area contributed by atoms with Crippen LogP contribution in [0.4, 0.5) is 5.13 Å². The molecule has 1 saturated heterocycles. The molecule has 1 aliphatic heterocycles. The molecule has 4 rings (SSSR count). The van der Waals surface area contributed by atoms with Crippen LogP contribution in [-0.2, 0) is 6.54 Å². The van der Waals surface area contributed by atoms with Gasteiger partial charge in [0.1, 0.15) is 10.7 Å². The average Bonchev–Trinajstić information content (AvgIpc) is 3.37. The molecule has 0 aliphatic carbocycles. The van der Waals surface area contributed by atoms with E-state index in [1.165, 1.54) is 11.3 Å². The number of nitrogens with zero attached hydrogens (tertiary/aromatic N) is 3. The lowest BCUT2D eigenvalue weighted by Crippen LogP contribution is -2.31. The van der Waals surface area contributed by atoms with Crippen LogP contribution in [0.2, 0.25) is 0 Å². The molecule has 1 fully saturated rings. The molecule has 3 N–H and O–H groups in total. The van der Waals surface area contributed by atoms with Gasteiger partial charge < -0.3 is 20.3 Å². The summed E-state index contributed by atoms with van der Waals surface area (Å²) in [4.78, 5) is 27.0. The third-order valence-electron chi connectivity index (χ3n) is 4.41. The standard InChI is InChI=1S/C17H19N5O2S/c23-10-11-4-3-7-22(11)17-19-8-14(25-17)16(24)18-9-15-20-12-5-1-2-6-13(12)21-15/h1-2,5-6,8,11,23H,3-4,7,9-10H2,(H,18,24)(H,20,21). The van der Waals surface area contributed by atoms with Crippen LogP contribution in [0.25, 0.3) is 11.0 Å². The van der Waals surface area contributed by atoms with E-state index in [2.05, 4.69) is 25.2 Å². The van der Waals surface area contributed by atoms with Crippen molar-refractivity contribution in [2.45, 2.75) is 25.4 Å². The zero-order chi connectivity index (χ0) is 17.2. The van der Waals surface area contributed by atoms with Crippen LogP contribution >= 0.6 is 11.3 Å². The molecule has 1 amide bonds. The molecule has 25 heavy (non-hydrogen) atoms. The number of fused-ring (bicyclic) bond motifs is 1. The maximum absolute atomic E-state index is 12.4. The van der Waals surface area contributed by atoms with Crippen molar-refractivity contribution in [2.24, 2.45) is 0 Å². The summed E-state index contributed by atoms with van der Waals surface area (Å²) in [5.41, 5.74) is 1.84. The fourth-order valence-corrected chi connectivity index (χ4v) is 4.05. The summed E-state index contributed by atoms with van der Waals surface area (Å²) >= 11 is 1.36. The molecule has 130 valence electrons. The van der Waals surface area contributed by atoms with Crippen LogP contribution in [-0.4, -0.2) is 45.2 Å². The van der Waals surface area contributed by atoms with Crippen molar-refractivity contribution < 1.29 is 9.90 Å². The topological polar surface area (TPSA) is 94.1 Å². The molecule has 1 atom stereocenters. The van der Waals surface area contributed by atoms with Gasteiger partial charge in [0, 0.05) is 6.54 Å². The number of aromatic nitrogens is 3. The molecular weight excluding hydrogens is 338 g/mol. The lowest BCUT2D eigenvalue weighted by atomic mass is 10.2. The number of nitrogens with one attached hydrogen (secondary N) is 2. The molecule has 8 heteroatoms. The number of benzene rings is 1. The summed E-state index contributed by atoms with van der Waals surface area (Å²) in [7, 11) is 0. The minimum Gasteiger partial charge on any atom is -0.394 e.